The van der Waals surface area contributed by atoms with E-state index in [-0.39, 0.29) is 13.1 Å². The molecule has 0 bridgehead atoms. The fourth-order valence-corrected chi connectivity index (χ4v) is 4.86. The maximum Gasteiger partial charge on any atom is 0.417 e. The molecule has 0 saturated carbocycles. The van der Waals surface area contributed by atoms with Crippen molar-refractivity contribution in [3.8, 4) is 0 Å². The van der Waals surface area contributed by atoms with Gasteiger partial charge < -0.3 is 9.64 Å². The molecule has 0 spiro atoms. The Morgan fingerprint density at radius 3 is 2.55 bits per heavy atom. The first-order valence-corrected chi connectivity index (χ1v) is 10.5. The summed E-state index contributed by atoms with van der Waals surface area (Å²) in [6.45, 7) is 2.32. The van der Waals surface area contributed by atoms with Crippen molar-refractivity contribution < 1.29 is 26.3 Å². The molecule has 3 heterocycles. The van der Waals surface area contributed by atoms with E-state index in [1.807, 2.05) is 4.90 Å². The number of fused-ring (bicyclic) bond motifs is 1. The summed E-state index contributed by atoms with van der Waals surface area (Å²) in [4.78, 5) is 10.2. The number of hydrogen-bond acceptors (Lipinski definition) is 6. The molecular formula is C17H16ClF3N4O3S. The maximum atomic E-state index is 13.1. The summed E-state index contributed by atoms with van der Waals surface area (Å²) in [7, 11) is -4.17. The van der Waals surface area contributed by atoms with Crippen LogP contribution in [0.1, 0.15) is 16.8 Å². The van der Waals surface area contributed by atoms with Gasteiger partial charge in [0.1, 0.15) is 0 Å². The summed E-state index contributed by atoms with van der Waals surface area (Å²) < 4.78 is 71.5. The number of halogens is 4. The lowest BCUT2D eigenvalue weighted by molar-refractivity contribution is -0.137. The molecule has 4 rings (SSSR count). The van der Waals surface area contributed by atoms with Crippen LogP contribution in [0.25, 0.3) is 0 Å². The zero-order valence-electron chi connectivity index (χ0n) is 15.0. The van der Waals surface area contributed by atoms with Gasteiger partial charge in [0.15, 0.2) is 0 Å². The number of anilines is 1. The van der Waals surface area contributed by atoms with Crippen molar-refractivity contribution >= 4 is 27.6 Å². The van der Waals surface area contributed by atoms with Crippen molar-refractivity contribution in [1.82, 2.24) is 14.3 Å². The number of rotatable bonds is 3. The van der Waals surface area contributed by atoms with E-state index in [0.717, 1.165) is 16.4 Å². The average Bonchev–Trinajstić information content (AvgIpc) is 3.12. The average molecular weight is 449 g/mol. The maximum absolute atomic E-state index is 13.1. The Hall–Kier alpha value is -1.95. The zero-order valence-corrected chi connectivity index (χ0v) is 16.6. The minimum atomic E-state index is -4.75. The summed E-state index contributed by atoms with van der Waals surface area (Å²) in [5, 5.41) is -0.554. The fourth-order valence-electron chi connectivity index (χ4n) is 3.23. The second kappa shape index (κ2) is 7.38. The lowest BCUT2D eigenvalue weighted by atomic mass is 10.2. The Balaban J connectivity index is 1.60. The van der Waals surface area contributed by atoms with Gasteiger partial charge in [-0.25, -0.2) is 18.4 Å². The Labute approximate surface area is 170 Å². The van der Waals surface area contributed by atoms with E-state index in [9.17, 15) is 21.6 Å². The van der Waals surface area contributed by atoms with Crippen LogP contribution in [0.4, 0.5) is 19.1 Å². The standard InChI is InChI=1S/C17H16ClF3N4O3S/c18-14-2-1-12(7-13(14)17(19,20)21)29(26,27)25-9-11-8-22-16(23-15(11)10-25)24-3-5-28-6-4-24/h1-2,7-8H,3-6,9-10H2. The Bertz CT molecular complexity index is 1040. The normalized spacial score (nSPS) is 18.1. The lowest BCUT2D eigenvalue weighted by Crippen LogP contribution is -2.37. The number of aromatic nitrogens is 2. The Morgan fingerprint density at radius 2 is 1.86 bits per heavy atom. The Morgan fingerprint density at radius 1 is 1.14 bits per heavy atom. The second-order valence-electron chi connectivity index (χ2n) is 6.65. The van der Waals surface area contributed by atoms with Crippen molar-refractivity contribution in [1.29, 1.82) is 0 Å². The summed E-state index contributed by atoms with van der Waals surface area (Å²) in [6, 6.07) is 2.57. The van der Waals surface area contributed by atoms with Crippen molar-refractivity contribution in [2.24, 2.45) is 0 Å². The van der Waals surface area contributed by atoms with Gasteiger partial charge in [-0.2, -0.15) is 17.5 Å². The first kappa shape index (κ1) is 20.3. The molecule has 0 N–H and O–H groups in total. The van der Waals surface area contributed by atoms with Crippen LogP contribution in [0, 0.1) is 0 Å². The predicted molar refractivity (Wildman–Crippen MR) is 98.0 cm³/mol. The van der Waals surface area contributed by atoms with Gasteiger partial charge in [0, 0.05) is 31.4 Å². The van der Waals surface area contributed by atoms with E-state index in [0.29, 0.717) is 49.6 Å². The molecule has 1 saturated heterocycles. The third-order valence-electron chi connectivity index (χ3n) is 4.79. The predicted octanol–water partition coefficient (Wildman–Crippen LogP) is 2.69. The molecule has 156 valence electrons. The number of ether oxygens (including phenoxy) is 1. The highest BCUT2D eigenvalue weighted by Gasteiger charge is 2.37. The van der Waals surface area contributed by atoms with Gasteiger partial charge >= 0.3 is 6.18 Å². The minimum Gasteiger partial charge on any atom is -0.378 e. The van der Waals surface area contributed by atoms with Crippen molar-refractivity contribution in [3.63, 3.8) is 0 Å². The third-order valence-corrected chi connectivity index (χ3v) is 6.91. The van der Waals surface area contributed by atoms with Gasteiger partial charge in [0.05, 0.1) is 40.9 Å². The number of hydrogen-bond donors (Lipinski definition) is 0. The number of nitrogens with zero attached hydrogens (tertiary/aromatic N) is 4. The molecule has 1 aromatic heterocycles. The molecule has 0 radical (unpaired) electrons. The van der Waals surface area contributed by atoms with Crippen LogP contribution in [0.2, 0.25) is 5.02 Å². The smallest absolute Gasteiger partial charge is 0.378 e. The van der Waals surface area contributed by atoms with Crippen molar-refractivity contribution in [2.45, 2.75) is 24.2 Å². The molecule has 12 heteroatoms. The molecule has 1 fully saturated rings. The van der Waals surface area contributed by atoms with Crippen molar-refractivity contribution in [2.75, 3.05) is 31.2 Å². The third kappa shape index (κ3) is 3.91. The molecule has 2 aliphatic rings. The molecule has 0 unspecified atom stereocenters. The molecule has 0 amide bonds. The van der Waals surface area contributed by atoms with E-state index >= 15 is 0 Å². The summed E-state index contributed by atoms with van der Waals surface area (Å²) in [6.07, 6.45) is -3.19. The largest absolute Gasteiger partial charge is 0.417 e. The highest BCUT2D eigenvalue weighted by Crippen LogP contribution is 2.37. The van der Waals surface area contributed by atoms with Crippen LogP contribution in [0.5, 0.6) is 0 Å². The van der Waals surface area contributed by atoms with Gasteiger partial charge in [-0.05, 0) is 18.2 Å². The van der Waals surface area contributed by atoms with Crippen molar-refractivity contribution in [3.05, 3.63) is 46.2 Å². The van der Waals surface area contributed by atoms with E-state index < -0.39 is 31.7 Å². The monoisotopic (exact) mass is 448 g/mol. The number of benzene rings is 1. The molecule has 29 heavy (non-hydrogen) atoms. The second-order valence-corrected chi connectivity index (χ2v) is 9.00. The van der Waals surface area contributed by atoms with Crippen LogP contribution in [-0.2, 0) is 34.0 Å². The quantitative estimate of drug-likeness (QED) is 0.718. The SMILES string of the molecule is O=S(=O)(c1ccc(Cl)c(C(F)(F)F)c1)N1Cc2cnc(N3CCOCC3)nc2C1. The summed E-state index contributed by atoms with van der Waals surface area (Å²) >= 11 is 5.59. The molecule has 2 aromatic rings. The summed E-state index contributed by atoms with van der Waals surface area (Å²) in [5.41, 5.74) is -0.0305. The molecule has 0 aliphatic carbocycles. The van der Waals surface area contributed by atoms with Crippen LogP contribution < -0.4 is 4.90 Å². The van der Waals surface area contributed by atoms with Gasteiger partial charge in [-0.15, -0.1) is 0 Å². The van der Waals surface area contributed by atoms with Crippen LogP contribution in [0.15, 0.2) is 29.3 Å². The van der Waals surface area contributed by atoms with Gasteiger partial charge in [-0.1, -0.05) is 11.6 Å². The summed E-state index contributed by atoms with van der Waals surface area (Å²) in [5.74, 6) is 0.483. The van der Waals surface area contributed by atoms with Gasteiger partial charge in [-0.3, -0.25) is 0 Å². The van der Waals surface area contributed by atoms with Crippen LogP contribution >= 0.6 is 11.6 Å². The number of morpholine rings is 1. The van der Waals surface area contributed by atoms with E-state index in [4.69, 9.17) is 16.3 Å². The first-order valence-electron chi connectivity index (χ1n) is 8.70. The molecule has 0 atom stereocenters. The van der Waals surface area contributed by atoms with Crippen LogP contribution in [0.3, 0.4) is 0 Å². The van der Waals surface area contributed by atoms with E-state index in [2.05, 4.69) is 9.97 Å². The zero-order chi connectivity index (χ0) is 20.8. The topological polar surface area (TPSA) is 75.6 Å². The first-order chi connectivity index (χ1) is 13.7. The van der Waals surface area contributed by atoms with Crippen LogP contribution in [-0.4, -0.2) is 49.0 Å². The molecule has 2 aliphatic heterocycles. The van der Waals surface area contributed by atoms with E-state index in [1.54, 1.807) is 6.20 Å². The number of alkyl halides is 3. The van der Waals surface area contributed by atoms with E-state index in [1.165, 1.54) is 0 Å². The molecule has 7 nitrogen and oxygen atoms in total. The van der Waals surface area contributed by atoms with Gasteiger partial charge in [0.25, 0.3) is 0 Å². The molecular weight excluding hydrogens is 433 g/mol. The minimum absolute atomic E-state index is 0.00889. The fraction of sp³-hybridized carbons (Fsp3) is 0.412. The highest BCUT2D eigenvalue weighted by atomic mass is 35.5. The highest BCUT2D eigenvalue weighted by molar-refractivity contribution is 7.89. The Kier molecular flexibility index (Phi) is 5.18. The number of sulfonamides is 1. The lowest BCUT2D eigenvalue weighted by Gasteiger charge is -2.26. The molecule has 1 aromatic carbocycles. The van der Waals surface area contributed by atoms with Gasteiger partial charge in [0.2, 0.25) is 16.0 Å².